The summed E-state index contributed by atoms with van der Waals surface area (Å²) in [4.78, 5) is 28.1. The molecule has 6 nitrogen and oxygen atoms in total. The fourth-order valence-electron chi connectivity index (χ4n) is 5.92. The Hall–Kier alpha value is -4.63. The Morgan fingerprint density at radius 3 is 2.37 bits per heavy atom. The van der Waals surface area contributed by atoms with Gasteiger partial charge in [-0.2, -0.15) is 0 Å². The van der Waals surface area contributed by atoms with Crippen LogP contribution in [-0.4, -0.2) is 36.1 Å². The zero-order valence-electron chi connectivity index (χ0n) is 24.9. The fraction of sp³-hybridized carbons (Fsp3) is 0.108. The average Bonchev–Trinajstić information content (AvgIpc) is 3.49. The first-order valence-electron chi connectivity index (χ1n) is 14.8. The predicted octanol–water partition coefficient (Wildman–Crippen LogP) is 9.40. The first kappa shape index (κ1) is 28.8. The number of halogens is 1. The van der Waals surface area contributed by atoms with Gasteiger partial charge in [-0.25, -0.2) is 9.97 Å². The van der Waals surface area contributed by atoms with Crippen LogP contribution in [0.15, 0.2) is 125 Å². The zero-order valence-corrected chi connectivity index (χ0v) is 27.3. The van der Waals surface area contributed by atoms with Gasteiger partial charge in [0.15, 0.2) is 4.34 Å². The molecule has 0 aliphatic carbocycles. The summed E-state index contributed by atoms with van der Waals surface area (Å²) >= 11 is 9.33. The lowest BCUT2D eigenvalue weighted by Gasteiger charge is -2.47. The maximum Gasteiger partial charge on any atom is 0.271 e. The minimum absolute atomic E-state index is 0.118. The third kappa shape index (κ3) is 5.12. The molecule has 7 aromatic rings. The summed E-state index contributed by atoms with van der Waals surface area (Å²) in [6, 6.07) is 37.5. The number of anilines is 2. The highest BCUT2D eigenvalue weighted by atomic mass is 35.5. The highest BCUT2D eigenvalue weighted by Gasteiger charge is 2.52. The number of ether oxygens (including phenoxy) is 1. The second-order valence-electron chi connectivity index (χ2n) is 11.3. The van der Waals surface area contributed by atoms with Crippen molar-refractivity contribution in [3.8, 4) is 5.75 Å². The number of benzene rings is 5. The molecule has 1 aliphatic heterocycles. The molecule has 1 amide bonds. The molecule has 1 aliphatic rings. The van der Waals surface area contributed by atoms with Crippen molar-refractivity contribution in [3.05, 3.63) is 126 Å². The molecule has 8 rings (SSSR count). The van der Waals surface area contributed by atoms with E-state index in [0.29, 0.717) is 10.8 Å². The molecule has 2 atom stereocenters. The van der Waals surface area contributed by atoms with E-state index in [1.807, 2.05) is 78.5 Å². The van der Waals surface area contributed by atoms with Gasteiger partial charge in [-0.05, 0) is 83.9 Å². The second-order valence-corrected chi connectivity index (χ2v) is 14.1. The third-order valence-electron chi connectivity index (χ3n) is 8.25. The lowest BCUT2D eigenvalue weighted by molar-refractivity contribution is -0.135. The first-order valence-corrected chi connectivity index (χ1v) is 16.8. The number of carbonyl (C=O) groups excluding carboxylic acids is 1. The molecule has 5 aromatic carbocycles. The van der Waals surface area contributed by atoms with Crippen molar-refractivity contribution in [1.29, 1.82) is 0 Å². The molecule has 0 bridgehead atoms. The summed E-state index contributed by atoms with van der Waals surface area (Å²) in [6.07, 6.45) is -0.760. The molecule has 9 heteroatoms. The van der Waals surface area contributed by atoms with E-state index >= 15 is 0 Å². The van der Waals surface area contributed by atoms with Crippen molar-refractivity contribution in [2.75, 3.05) is 23.9 Å². The SMILES string of the molecule is CN(C)c1ccc(N2C(=O)C(Oc3ccc(Cl)cc3)C2c2cc3ccc4ccccc4c3nc2Sc2nc3ccccc3s2)cc1. The molecular formula is C37H27ClN4O2S2. The number of pyridine rings is 1. The van der Waals surface area contributed by atoms with E-state index in [4.69, 9.17) is 26.3 Å². The van der Waals surface area contributed by atoms with Crippen molar-refractivity contribution >= 4 is 83.9 Å². The second kappa shape index (κ2) is 11.6. The zero-order chi connectivity index (χ0) is 31.4. The van der Waals surface area contributed by atoms with Gasteiger partial charge in [0, 0.05) is 46.8 Å². The number of thiazole rings is 1. The Morgan fingerprint density at radius 2 is 1.59 bits per heavy atom. The van der Waals surface area contributed by atoms with Crippen LogP contribution in [0.4, 0.5) is 11.4 Å². The minimum Gasteiger partial charge on any atom is -0.478 e. The van der Waals surface area contributed by atoms with Crippen LogP contribution in [0, 0.1) is 0 Å². The number of hydrogen-bond donors (Lipinski definition) is 0. The molecule has 46 heavy (non-hydrogen) atoms. The molecule has 0 saturated carbocycles. The van der Waals surface area contributed by atoms with E-state index in [2.05, 4.69) is 36.4 Å². The quantitative estimate of drug-likeness (QED) is 0.126. The fourth-order valence-corrected chi connectivity index (χ4v) is 8.16. The van der Waals surface area contributed by atoms with Crippen molar-refractivity contribution in [2.24, 2.45) is 0 Å². The van der Waals surface area contributed by atoms with E-state index < -0.39 is 12.1 Å². The number of rotatable bonds is 7. The number of fused-ring (bicyclic) bond motifs is 4. The average molecular weight is 659 g/mol. The van der Waals surface area contributed by atoms with Gasteiger partial charge in [-0.15, -0.1) is 11.3 Å². The largest absolute Gasteiger partial charge is 0.478 e. The van der Waals surface area contributed by atoms with Crippen molar-refractivity contribution in [1.82, 2.24) is 9.97 Å². The van der Waals surface area contributed by atoms with Gasteiger partial charge >= 0.3 is 0 Å². The molecule has 1 saturated heterocycles. The number of carbonyl (C=O) groups is 1. The van der Waals surface area contributed by atoms with Crippen LogP contribution < -0.4 is 14.5 Å². The van der Waals surface area contributed by atoms with Gasteiger partial charge in [-0.1, -0.05) is 60.1 Å². The van der Waals surface area contributed by atoms with Crippen LogP contribution in [-0.2, 0) is 4.79 Å². The van der Waals surface area contributed by atoms with E-state index in [-0.39, 0.29) is 5.91 Å². The maximum atomic E-state index is 14.0. The summed E-state index contributed by atoms with van der Waals surface area (Å²) in [5.41, 5.74) is 4.61. The molecule has 226 valence electrons. The van der Waals surface area contributed by atoms with Crippen LogP contribution in [0.3, 0.4) is 0 Å². The van der Waals surface area contributed by atoms with E-state index in [9.17, 15) is 4.79 Å². The molecule has 3 heterocycles. The van der Waals surface area contributed by atoms with Gasteiger partial charge in [0.1, 0.15) is 16.8 Å². The number of amides is 1. The van der Waals surface area contributed by atoms with Crippen LogP contribution in [0.5, 0.6) is 5.75 Å². The van der Waals surface area contributed by atoms with Crippen LogP contribution in [0.25, 0.3) is 31.9 Å². The Morgan fingerprint density at radius 1 is 0.848 bits per heavy atom. The Balaban J connectivity index is 1.30. The number of β-lactam (4-membered cyclic amide) rings is 1. The number of nitrogens with zero attached hydrogens (tertiary/aromatic N) is 4. The van der Waals surface area contributed by atoms with Crippen LogP contribution in [0.2, 0.25) is 5.02 Å². The molecule has 2 aromatic heterocycles. The molecule has 2 unspecified atom stereocenters. The monoisotopic (exact) mass is 658 g/mol. The minimum atomic E-state index is -0.760. The molecule has 0 spiro atoms. The summed E-state index contributed by atoms with van der Waals surface area (Å²) in [5, 5.41) is 4.59. The standard InChI is InChI=1S/C37H27ClN4O2S2/c1-41(2)25-15-17-26(18-16-25)42-33(34(36(42)43)44-27-19-13-24(38)14-20-27)29-21-23-12-11-22-7-3-4-8-28(22)32(23)40-35(29)46-37-39-30-9-5-6-10-31(30)45-37/h3-21,33-34H,1-2H3. The highest BCUT2D eigenvalue weighted by molar-refractivity contribution is 8.01. The number of hydrogen-bond acceptors (Lipinski definition) is 7. The van der Waals surface area contributed by atoms with Gasteiger partial charge < -0.3 is 9.64 Å². The number of para-hydroxylation sites is 1. The van der Waals surface area contributed by atoms with Crippen molar-refractivity contribution in [3.63, 3.8) is 0 Å². The Labute approximate surface area is 279 Å². The highest BCUT2D eigenvalue weighted by Crippen LogP contribution is 2.47. The topological polar surface area (TPSA) is 58.6 Å². The normalized spacial score (nSPS) is 16.2. The van der Waals surface area contributed by atoms with E-state index in [1.54, 1.807) is 35.6 Å². The lowest BCUT2D eigenvalue weighted by Crippen LogP contribution is -2.61. The molecular weight excluding hydrogens is 632 g/mol. The van der Waals surface area contributed by atoms with Crippen molar-refractivity contribution in [2.45, 2.75) is 21.5 Å². The number of aromatic nitrogens is 2. The first-order chi connectivity index (χ1) is 22.4. The molecule has 1 fully saturated rings. The summed E-state index contributed by atoms with van der Waals surface area (Å²) in [6.45, 7) is 0. The lowest BCUT2D eigenvalue weighted by atomic mass is 9.89. The van der Waals surface area contributed by atoms with Crippen molar-refractivity contribution < 1.29 is 9.53 Å². The van der Waals surface area contributed by atoms with Crippen LogP contribution >= 0.6 is 34.7 Å². The van der Waals surface area contributed by atoms with Crippen LogP contribution in [0.1, 0.15) is 11.6 Å². The van der Waals surface area contributed by atoms with E-state index in [1.165, 1.54) is 11.8 Å². The van der Waals surface area contributed by atoms with E-state index in [0.717, 1.165) is 58.2 Å². The predicted molar refractivity (Wildman–Crippen MR) is 190 cm³/mol. The smallest absolute Gasteiger partial charge is 0.271 e. The summed E-state index contributed by atoms with van der Waals surface area (Å²) in [5.74, 6) is 0.461. The summed E-state index contributed by atoms with van der Waals surface area (Å²) < 4.78 is 8.43. The Kier molecular flexibility index (Phi) is 7.28. The summed E-state index contributed by atoms with van der Waals surface area (Å²) in [7, 11) is 4.00. The Bertz CT molecular complexity index is 2220. The van der Waals surface area contributed by atoms with Gasteiger partial charge in [-0.3, -0.25) is 9.69 Å². The molecule has 0 N–H and O–H groups in total. The third-order valence-corrected chi connectivity index (χ3v) is 10.6. The maximum absolute atomic E-state index is 14.0. The van der Waals surface area contributed by atoms with Gasteiger partial charge in [0.05, 0.1) is 15.7 Å². The molecule has 0 radical (unpaired) electrons. The van der Waals surface area contributed by atoms with Gasteiger partial charge in [0.25, 0.3) is 5.91 Å². The van der Waals surface area contributed by atoms with Gasteiger partial charge in [0.2, 0.25) is 6.10 Å².